The highest BCUT2D eigenvalue weighted by atomic mass is 16.4. The fraction of sp³-hybridized carbons (Fsp3) is 0.167. The lowest BCUT2D eigenvalue weighted by atomic mass is 10.1. The van der Waals surface area contributed by atoms with Crippen LogP contribution in [-0.2, 0) is 9.59 Å². The van der Waals surface area contributed by atoms with E-state index >= 15 is 0 Å². The van der Waals surface area contributed by atoms with Gasteiger partial charge in [-0.3, -0.25) is 19.8 Å². The molecule has 0 aliphatic carbocycles. The zero-order valence-electron chi connectivity index (χ0n) is 10.3. The number of amides is 3. The molecule has 19 heavy (non-hydrogen) atoms. The maximum Gasteiger partial charge on any atom is 0.335 e. The van der Waals surface area contributed by atoms with E-state index in [2.05, 4.69) is 5.43 Å². The minimum Gasteiger partial charge on any atom is -0.478 e. The lowest BCUT2D eigenvalue weighted by Crippen LogP contribution is -2.47. The largest absolute Gasteiger partial charge is 0.478 e. The van der Waals surface area contributed by atoms with Crippen LogP contribution in [0, 0.1) is 0 Å². The molecule has 1 aromatic carbocycles. The van der Waals surface area contributed by atoms with E-state index < -0.39 is 23.7 Å². The molecule has 0 fully saturated rings. The van der Waals surface area contributed by atoms with Crippen LogP contribution in [0.3, 0.4) is 0 Å². The Bertz CT molecular complexity index is 522. The Kier molecular flexibility index (Phi) is 4.36. The Morgan fingerprint density at radius 3 is 1.74 bits per heavy atom. The van der Waals surface area contributed by atoms with Crippen LogP contribution in [-0.4, -0.2) is 33.8 Å². The smallest absolute Gasteiger partial charge is 0.335 e. The van der Waals surface area contributed by atoms with E-state index in [1.807, 2.05) is 0 Å². The Hall–Kier alpha value is -2.70. The second-order valence-corrected chi connectivity index (χ2v) is 3.70. The summed E-state index contributed by atoms with van der Waals surface area (Å²) >= 11 is 0. The SMILES string of the molecule is CC(=O)N(NC(=O)c1ccc(C(=O)O)cc1)C(C)=O. The maximum absolute atomic E-state index is 11.7. The molecule has 7 nitrogen and oxygen atoms in total. The van der Waals surface area contributed by atoms with Gasteiger partial charge < -0.3 is 5.11 Å². The van der Waals surface area contributed by atoms with E-state index in [0.717, 1.165) is 13.8 Å². The topological polar surface area (TPSA) is 104 Å². The molecule has 0 radical (unpaired) electrons. The van der Waals surface area contributed by atoms with Gasteiger partial charge in [0.25, 0.3) is 5.91 Å². The Labute approximate surface area is 108 Å². The highest BCUT2D eigenvalue weighted by molar-refractivity contribution is 6.00. The number of hydrogen-bond donors (Lipinski definition) is 2. The van der Waals surface area contributed by atoms with Crippen LogP contribution in [0.2, 0.25) is 0 Å². The molecule has 0 saturated carbocycles. The van der Waals surface area contributed by atoms with Gasteiger partial charge in [0.2, 0.25) is 11.8 Å². The minimum absolute atomic E-state index is 0.0338. The molecule has 1 aromatic rings. The van der Waals surface area contributed by atoms with Gasteiger partial charge in [-0.25, -0.2) is 4.79 Å². The van der Waals surface area contributed by atoms with Crippen molar-refractivity contribution in [3.05, 3.63) is 35.4 Å². The van der Waals surface area contributed by atoms with Crippen LogP contribution in [0.25, 0.3) is 0 Å². The number of carboxylic acids is 1. The first-order valence-corrected chi connectivity index (χ1v) is 5.28. The summed E-state index contributed by atoms with van der Waals surface area (Å²) in [5.74, 6) is -3.03. The Balaban J connectivity index is 2.86. The molecule has 0 atom stereocenters. The van der Waals surface area contributed by atoms with Crippen molar-refractivity contribution in [3.8, 4) is 0 Å². The predicted molar refractivity (Wildman–Crippen MR) is 64.1 cm³/mol. The van der Waals surface area contributed by atoms with Crippen molar-refractivity contribution in [1.29, 1.82) is 0 Å². The van der Waals surface area contributed by atoms with Gasteiger partial charge in [0.1, 0.15) is 0 Å². The lowest BCUT2D eigenvalue weighted by Gasteiger charge is -2.17. The number of nitrogens with zero attached hydrogens (tertiary/aromatic N) is 1. The van der Waals surface area contributed by atoms with E-state index in [0.29, 0.717) is 5.01 Å². The Morgan fingerprint density at radius 1 is 0.947 bits per heavy atom. The Morgan fingerprint density at radius 2 is 1.37 bits per heavy atom. The van der Waals surface area contributed by atoms with E-state index in [1.165, 1.54) is 24.3 Å². The van der Waals surface area contributed by atoms with Crippen LogP contribution >= 0.6 is 0 Å². The van der Waals surface area contributed by atoms with Gasteiger partial charge in [-0.2, -0.15) is 5.01 Å². The monoisotopic (exact) mass is 264 g/mol. The highest BCUT2D eigenvalue weighted by Crippen LogP contribution is 2.05. The number of hydrogen-bond acceptors (Lipinski definition) is 4. The van der Waals surface area contributed by atoms with Crippen LogP contribution in [0.4, 0.5) is 0 Å². The molecule has 100 valence electrons. The average Bonchev–Trinajstić information content (AvgIpc) is 2.34. The van der Waals surface area contributed by atoms with E-state index in [1.54, 1.807) is 0 Å². The third kappa shape index (κ3) is 3.63. The summed E-state index contributed by atoms with van der Waals surface area (Å²) in [6.45, 7) is 2.27. The molecular weight excluding hydrogens is 252 g/mol. The number of carbonyl (C=O) groups excluding carboxylic acids is 3. The zero-order chi connectivity index (χ0) is 14.6. The van der Waals surface area contributed by atoms with Crippen molar-refractivity contribution in [2.75, 3.05) is 0 Å². The number of carbonyl (C=O) groups is 4. The third-order valence-corrected chi connectivity index (χ3v) is 2.24. The van der Waals surface area contributed by atoms with Gasteiger partial charge in [0, 0.05) is 19.4 Å². The molecule has 0 aliphatic rings. The second kappa shape index (κ2) is 5.76. The predicted octanol–water partition coefficient (Wildman–Crippen LogP) is 0.425. The third-order valence-electron chi connectivity index (χ3n) is 2.24. The highest BCUT2D eigenvalue weighted by Gasteiger charge is 2.17. The summed E-state index contributed by atoms with van der Waals surface area (Å²) in [4.78, 5) is 44.6. The molecule has 3 amide bonds. The number of benzene rings is 1. The molecule has 0 saturated heterocycles. The summed E-state index contributed by atoms with van der Waals surface area (Å²) in [6.07, 6.45) is 0. The maximum atomic E-state index is 11.7. The molecule has 0 heterocycles. The standard InChI is InChI=1S/C12H12N2O5/c1-7(15)14(8(2)16)13-11(17)9-3-5-10(6-4-9)12(18)19/h3-6H,1-2H3,(H,13,17)(H,18,19). The molecule has 7 heteroatoms. The van der Waals surface area contributed by atoms with Crippen LogP contribution in [0.5, 0.6) is 0 Å². The van der Waals surface area contributed by atoms with Crippen LogP contribution in [0.1, 0.15) is 34.6 Å². The second-order valence-electron chi connectivity index (χ2n) is 3.70. The molecule has 0 aromatic heterocycles. The molecule has 2 N–H and O–H groups in total. The molecule has 1 rings (SSSR count). The first-order valence-electron chi connectivity index (χ1n) is 5.28. The number of imide groups is 1. The molecule has 0 bridgehead atoms. The van der Waals surface area contributed by atoms with Gasteiger partial charge in [-0.15, -0.1) is 0 Å². The zero-order valence-corrected chi connectivity index (χ0v) is 10.3. The van der Waals surface area contributed by atoms with Gasteiger partial charge in [0.05, 0.1) is 5.56 Å². The first-order chi connectivity index (χ1) is 8.82. The quantitative estimate of drug-likeness (QED) is 0.753. The van der Waals surface area contributed by atoms with Crippen molar-refractivity contribution in [2.24, 2.45) is 0 Å². The minimum atomic E-state index is -1.11. The fourth-order valence-electron chi connectivity index (χ4n) is 1.31. The summed E-state index contributed by atoms with van der Waals surface area (Å²) < 4.78 is 0. The van der Waals surface area contributed by atoms with Crippen molar-refractivity contribution in [1.82, 2.24) is 10.4 Å². The van der Waals surface area contributed by atoms with E-state index in [-0.39, 0.29) is 11.1 Å². The van der Waals surface area contributed by atoms with Crippen molar-refractivity contribution >= 4 is 23.7 Å². The molecule has 0 unspecified atom stereocenters. The summed E-state index contributed by atoms with van der Waals surface area (Å²) in [5.41, 5.74) is 2.30. The van der Waals surface area contributed by atoms with E-state index in [4.69, 9.17) is 5.11 Å². The van der Waals surface area contributed by atoms with Crippen molar-refractivity contribution in [2.45, 2.75) is 13.8 Å². The van der Waals surface area contributed by atoms with Crippen LogP contribution in [0.15, 0.2) is 24.3 Å². The summed E-state index contributed by atoms with van der Waals surface area (Å²) in [6, 6.07) is 5.08. The molecular formula is C12H12N2O5. The normalized spacial score (nSPS) is 9.58. The first kappa shape index (κ1) is 14.4. The number of rotatable bonds is 2. The number of nitrogens with one attached hydrogen (secondary N) is 1. The van der Waals surface area contributed by atoms with Gasteiger partial charge in [0.15, 0.2) is 0 Å². The van der Waals surface area contributed by atoms with Gasteiger partial charge in [-0.05, 0) is 24.3 Å². The van der Waals surface area contributed by atoms with Crippen molar-refractivity contribution in [3.63, 3.8) is 0 Å². The van der Waals surface area contributed by atoms with E-state index in [9.17, 15) is 19.2 Å². The number of hydrazine groups is 1. The number of aromatic carboxylic acids is 1. The average molecular weight is 264 g/mol. The van der Waals surface area contributed by atoms with Gasteiger partial charge >= 0.3 is 5.97 Å². The summed E-state index contributed by atoms with van der Waals surface area (Å²) in [7, 11) is 0. The molecule has 0 aliphatic heterocycles. The van der Waals surface area contributed by atoms with Crippen LogP contribution < -0.4 is 5.43 Å². The summed E-state index contributed by atoms with van der Waals surface area (Å²) in [5, 5.41) is 9.28. The van der Waals surface area contributed by atoms with Crippen molar-refractivity contribution < 1.29 is 24.3 Å². The number of carboxylic acid groups (broad SMARTS) is 1. The fourth-order valence-corrected chi connectivity index (χ4v) is 1.31. The van der Waals surface area contributed by atoms with Gasteiger partial charge in [-0.1, -0.05) is 0 Å². The lowest BCUT2D eigenvalue weighted by molar-refractivity contribution is -0.144. The molecule has 0 spiro atoms.